The van der Waals surface area contributed by atoms with Gasteiger partial charge in [0.15, 0.2) is 5.79 Å². The highest BCUT2D eigenvalue weighted by Crippen LogP contribution is 2.42. The van der Waals surface area contributed by atoms with Crippen LogP contribution in [0.3, 0.4) is 0 Å². The summed E-state index contributed by atoms with van der Waals surface area (Å²) in [4.78, 5) is 0. The van der Waals surface area contributed by atoms with E-state index in [1.54, 1.807) is 14.2 Å². The van der Waals surface area contributed by atoms with E-state index >= 15 is 0 Å². The first-order valence-corrected chi connectivity index (χ1v) is 4.03. The molecule has 4 nitrogen and oxygen atoms in total. The zero-order valence-corrected chi connectivity index (χ0v) is 7.84. The third-order valence-corrected chi connectivity index (χ3v) is 2.68. The fourth-order valence-corrected chi connectivity index (χ4v) is 1.51. The fourth-order valence-electron chi connectivity index (χ4n) is 1.36. The van der Waals surface area contributed by atoms with Crippen molar-refractivity contribution in [1.29, 1.82) is 0 Å². The van der Waals surface area contributed by atoms with Crippen molar-refractivity contribution >= 4 is 16.8 Å². The first-order valence-electron chi connectivity index (χ1n) is 3.65. The summed E-state index contributed by atoms with van der Waals surface area (Å²) in [6.45, 7) is 0. The second kappa shape index (κ2) is 3.60. The molecule has 0 aromatic heterocycles. The summed E-state index contributed by atoms with van der Waals surface area (Å²) < 4.78 is 10.3. The lowest BCUT2D eigenvalue weighted by Crippen LogP contribution is -2.49. The Hall–Kier alpha value is -0.320. The van der Waals surface area contributed by atoms with Crippen LogP contribution in [0.15, 0.2) is 5.16 Å². The van der Waals surface area contributed by atoms with Gasteiger partial charge in [-0.1, -0.05) is 16.8 Å². The quantitative estimate of drug-likeness (QED) is 0.319. The maximum absolute atomic E-state index is 8.36. The van der Waals surface area contributed by atoms with E-state index in [4.69, 9.17) is 26.3 Å². The summed E-state index contributed by atoms with van der Waals surface area (Å²) in [6, 6.07) is 0. The van der Waals surface area contributed by atoms with Crippen LogP contribution in [0.2, 0.25) is 0 Å². The molecule has 0 aromatic rings. The lowest BCUT2D eigenvalue weighted by atomic mass is 9.79. The van der Waals surface area contributed by atoms with Crippen molar-refractivity contribution in [2.75, 3.05) is 14.2 Å². The molecule has 12 heavy (non-hydrogen) atoms. The van der Waals surface area contributed by atoms with Crippen LogP contribution < -0.4 is 0 Å². The van der Waals surface area contributed by atoms with Crippen molar-refractivity contribution < 1.29 is 14.7 Å². The zero-order chi connectivity index (χ0) is 9.19. The van der Waals surface area contributed by atoms with Gasteiger partial charge in [0.25, 0.3) is 0 Å². The molecule has 70 valence electrons. The van der Waals surface area contributed by atoms with Crippen LogP contribution in [0.25, 0.3) is 0 Å². The maximum atomic E-state index is 8.36. The monoisotopic (exact) mass is 193 g/mol. The van der Waals surface area contributed by atoms with E-state index in [9.17, 15) is 0 Å². The van der Waals surface area contributed by atoms with Gasteiger partial charge in [0.1, 0.15) is 5.17 Å². The Bertz CT molecular complexity index is 183. The Morgan fingerprint density at radius 3 is 2.33 bits per heavy atom. The van der Waals surface area contributed by atoms with Gasteiger partial charge in [-0.05, 0) is 0 Å². The summed E-state index contributed by atoms with van der Waals surface area (Å²) in [6.07, 6.45) is 1.28. The Kier molecular flexibility index (Phi) is 2.93. The van der Waals surface area contributed by atoms with Crippen molar-refractivity contribution in [3.05, 3.63) is 0 Å². The summed E-state index contributed by atoms with van der Waals surface area (Å²) in [5, 5.41) is 11.5. The fraction of sp³-hybridized carbons (Fsp3) is 0.857. The van der Waals surface area contributed by atoms with Crippen molar-refractivity contribution in [2.45, 2.75) is 18.6 Å². The largest absolute Gasteiger partial charge is 0.410 e. The number of methoxy groups -OCH3 is 2. The Morgan fingerprint density at radius 2 is 2.00 bits per heavy atom. The molecule has 0 aliphatic heterocycles. The predicted molar refractivity (Wildman–Crippen MR) is 44.5 cm³/mol. The van der Waals surface area contributed by atoms with Gasteiger partial charge in [-0.25, -0.2) is 0 Å². The van der Waals surface area contributed by atoms with Crippen molar-refractivity contribution in [2.24, 2.45) is 11.1 Å². The van der Waals surface area contributed by atoms with E-state index < -0.39 is 5.79 Å². The maximum Gasteiger partial charge on any atom is 0.168 e. The van der Waals surface area contributed by atoms with Crippen molar-refractivity contribution in [3.8, 4) is 0 Å². The number of hydrogen-bond donors (Lipinski definition) is 1. The first kappa shape index (κ1) is 9.77. The molecule has 1 rings (SSSR count). The van der Waals surface area contributed by atoms with Gasteiger partial charge in [-0.15, -0.1) is 0 Å². The molecule has 1 aliphatic carbocycles. The molecular formula is C7H12ClNO3. The third kappa shape index (κ3) is 1.55. The number of rotatable bonds is 3. The lowest BCUT2D eigenvalue weighted by molar-refractivity contribution is -0.260. The minimum absolute atomic E-state index is 0.0663. The molecule has 0 amide bonds. The average molecular weight is 194 g/mol. The van der Waals surface area contributed by atoms with E-state index in [1.807, 2.05) is 0 Å². The number of oxime groups is 1. The van der Waals surface area contributed by atoms with Gasteiger partial charge in [-0.2, -0.15) is 0 Å². The standard InChI is InChI=1S/C7H12ClNO3/c1-11-7(12-2)3-5(4-7)6(8)9-10/h5,10H,3-4H2,1-2H3/b9-6-. The van der Waals surface area contributed by atoms with Crippen LogP contribution in [0.4, 0.5) is 0 Å². The summed E-state index contributed by atoms with van der Waals surface area (Å²) in [5.41, 5.74) is 0. The molecule has 1 aliphatic rings. The highest BCUT2D eigenvalue weighted by atomic mass is 35.5. The van der Waals surface area contributed by atoms with Gasteiger partial charge in [-0.3, -0.25) is 0 Å². The molecule has 1 saturated carbocycles. The molecule has 0 heterocycles. The topological polar surface area (TPSA) is 51.0 Å². The van der Waals surface area contributed by atoms with Gasteiger partial charge in [0.05, 0.1) is 0 Å². The second-order valence-corrected chi connectivity index (χ2v) is 3.23. The minimum Gasteiger partial charge on any atom is -0.410 e. The van der Waals surface area contributed by atoms with Crippen LogP contribution >= 0.6 is 11.6 Å². The normalized spacial score (nSPS) is 23.8. The highest BCUT2D eigenvalue weighted by molar-refractivity contribution is 6.65. The third-order valence-electron chi connectivity index (χ3n) is 2.29. The zero-order valence-electron chi connectivity index (χ0n) is 7.08. The van der Waals surface area contributed by atoms with Crippen LogP contribution in [0.5, 0.6) is 0 Å². The van der Waals surface area contributed by atoms with Crippen LogP contribution in [0, 0.1) is 5.92 Å². The molecule has 1 N–H and O–H groups in total. The van der Waals surface area contributed by atoms with Crippen LogP contribution in [-0.4, -0.2) is 30.4 Å². The molecule has 0 saturated heterocycles. The Labute approximate surface area is 76.1 Å². The number of ether oxygens (including phenoxy) is 2. The van der Waals surface area contributed by atoms with E-state index in [2.05, 4.69) is 5.16 Å². The van der Waals surface area contributed by atoms with E-state index in [1.165, 1.54) is 0 Å². The Balaban J connectivity index is 2.45. The van der Waals surface area contributed by atoms with Gasteiger partial charge >= 0.3 is 0 Å². The van der Waals surface area contributed by atoms with Gasteiger partial charge in [0.2, 0.25) is 0 Å². The molecule has 0 atom stereocenters. The molecule has 0 unspecified atom stereocenters. The van der Waals surface area contributed by atoms with Gasteiger partial charge < -0.3 is 14.7 Å². The van der Waals surface area contributed by atoms with E-state index in [0.29, 0.717) is 12.8 Å². The summed E-state index contributed by atoms with van der Waals surface area (Å²) >= 11 is 5.60. The van der Waals surface area contributed by atoms with Crippen LogP contribution in [-0.2, 0) is 9.47 Å². The molecular weight excluding hydrogens is 182 g/mol. The highest BCUT2D eigenvalue weighted by Gasteiger charge is 2.47. The predicted octanol–water partition coefficient (Wildman–Crippen LogP) is 1.41. The van der Waals surface area contributed by atoms with Gasteiger partial charge in [0, 0.05) is 33.0 Å². The SMILES string of the molecule is COC1(OC)CC(/C(Cl)=N/O)C1. The lowest BCUT2D eigenvalue weighted by Gasteiger charge is -2.44. The second-order valence-electron chi connectivity index (χ2n) is 2.85. The summed E-state index contributed by atoms with van der Waals surface area (Å²) in [5.74, 6) is -0.452. The molecule has 0 aromatic carbocycles. The Morgan fingerprint density at radius 1 is 1.50 bits per heavy atom. The van der Waals surface area contributed by atoms with Crippen molar-refractivity contribution in [1.82, 2.24) is 0 Å². The summed E-state index contributed by atoms with van der Waals surface area (Å²) in [7, 11) is 3.17. The molecule has 0 radical (unpaired) electrons. The van der Waals surface area contributed by atoms with Crippen LogP contribution in [0.1, 0.15) is 12.8 Å². The van der Waals surface area contributed by atoms with Crippen molar-refractivity contribution in [3.63, 3.8) is 0 Å². The smallest absolute Gasteiger partial charge is 0.168 e. The van der Waals surface area contributed by atoms with E-state index in [-0.39, 0.29) is 11.1 Å². The molecule has 1 fully saturated rings. The number of nitrogens with zero attached hydrogens (tertiary/aromatic N) is 1. The molecule has 5 heteroatoms. The average Bonchev–Trinajstić information content (AvgIpc) is 2.04. The molecule has 0 bridgehead atoms. The first-order chi connectivity index (χ1) is 5.67. The number of halogens is 1. The number of hydrogen-bond acceptors (Lipinski definition) is 4. The van der Waals surface area contributed by atoms with E-state index in [0.717, 1.165) is 0 Å². The minimum atomic E-state index is -0.518. The molecule has 0 spiro atoms.